The molecular formula is C12H13ClN4O2S. The molecule has 2 rings (SSSR count). The van der Waals surface area contributed by atoms with Gasteiger partial charge in [0.1, 0.15) is 0 Å². The maximum absolute atomic E-state index is 12.1. The van der Waals surface area contributed by atoms with Crippen molar-refractivity contribution in [1.82, 2.24) is 14.7 Å². The Hall–Kier alpha value is -1.70. The van der Waals surface area contributed by atoms with E-state index in [0.29, 0.717) is 11.4 Å². The van der Waals surface area contributed by atoms with Crippen LogP contribution in [0.1, 0.15) is 11.4 Å². The number of hydrogen-bond donors (Lipinski definition) is 2. The van der Waals surface area contributed by atoms with Crippen LogP contribution in [-0.4, -0.2) is 18.4 Å². The van der Waals surface area contributed by atoms with Gasteiger partial charge < -0.3 is 5.73 Å². The van der Waals surface area contributed by atoms with Crippen molar-refractivity contribution in [2.24, 2.45) is 0 Å². The van der Waals surface area contributed by atoms with Crippen LogP contribution >= 0.6 is 11.6 Å². The molecule has 0 fully saturated rings. The second-order valence-corrected chi connectivity index (χ2v) is 6.33. The lowest BCUT2D eigenvalue weighted by atomic mass is 10.3. The van der Waals surface area contributed by atoms with Gasteiger partial charge in [-0.15, -0.1) is 0 Å². The Morgan fingerprint density at radius 2 is 2.05 bits per heavy atom. The number of nitrogens with one attached hydrogen (secondary N) is 1. The van der Waals surface area contributed by atoms with E-state index in [1.165, 1.54) is 24.4 Å². The third-order valence-corrected chi connectivity index (χ3v) is 4.29. The summed E-state index contributed by atoms with van der Waals surface area (Å²) in [5, 5.41) is 0.197. The number of nitrogen functional groups attached to an aromatic ring is 1. The first kappa shape index (κ1) is 14.7. The minimum Gasteiger partial charge on any atom is -0.398 e. The van der Waals surface area contributed by atoms with Gasteiger partial charge in [0.05, 0.1) is 39.7 Å². The first-order valence-electron chi connectivity index (χ1n) is 5.71. The second kappa shape index (κ2) is 5.74. The molecule has 2 aromatic rings. The number of rotatable bonds is 4. The number of halogens is 1. The van der Waals surface area contributed by atoms with Crippen molar-refractivity contribution in [1.29, 1.82) is 0 Å². The predicted octanol–water partition coefficient (Wildman–Crippen LogP) is 1.50. The van der Waals surface area contributed by atoms with Crippen molar-refractivity contribution < 1.29 is 8.42 Å². The van der Waals surface area contributed by atoms with E-state index in [-0.39, 0.29) is 16.5 Å². The van der Waals surface area contributed by atoms with Gasteiger partial charge in [-0.05, 0) is 25.1 Å². The Kier molecular flexibility index (Phi) is 4.22. The molecule has 0 atom stereocenters. The fraction of sp³-hybridized carbons (Fsp3) is 0.167. The maximum atomic E-state index is 12.1. The number of benzene rings is 1. The molecule has 0 saturated heterocycles. The van der Waals surface area contributed by atoms with Gasteiger partial charge in [-0.1, -0.05) is 11.6 Å². The van der Waals surface area contributed by atoms with Gasteiger partial charge in [0.15, 0.2) is 0 Å². The van der Waals surface area contributed by atoms with Crippen molar-refractivity contribution in [3.05, 3.63) is 47.0 Å². The summed E-state index contributed by atoms with van der Waals surface area (Å²) in [6, 6.07) is 4.15. The molecular weight excluding hydrogens is 300 g/mol. The van der Waals surface area contributed by atoms with Crippen LogP contribution in [0.5, 0.6) is 0 Å². The molecule has 0 aliphatic heterocycles. The average Bonchev–Trinajstić information content (AvgIpc) is 2.41. The van der Waals surface area contributed by atoms with E-state index in [1.807, 2.05) is 0 Å². The lowest BCUT2D eigenvalue weighted by Crippen LogP contribution is -2.23. The monoisotopic (exact) mass is 312 g/mol. The van der Waals surface area contributed by atoms with Crippen LogP contribution in [-0.2, 0) is 16.6 Å². The molecule has 0 saturated carbocycles. The zero-order valence-electron chi connectivity index (χ0n) is 10.7. The largest absolute Gasteiger partial charge is 0.398 e. The molecule has 8 heteroatoms. The van der Waals surface area contributed by atoms with Gasteiger partial charge in [-0.25, -0.2) is 13.1 Å². The summed E-state index contributed by atoms with van der Waals surface area (Å²) < 4.78 is 26.6. The number of aromatic nitrogens is 2. The van der Waals surface area contributed by atoms with E-state index in [1.54, 1.807) is 13.1 Å². The molecule has 1 aromatic carbocycles. The molecule has 0 spiro atoms. The summed E-state index contributed by atoms with van der Waals surface area (Å²) >= 11 is 5.81. The fourth-order valence-corrected chi connectivity index (χ4v) is 2.71. The van der Waals surface area contributed by atoms with Gasteiger partial charge >= 0.3 is 0 Å². The highest BCUT2D eigenvalue weighted by Crippen LogP contribution is 2.22. The first-order valence-corrected chi connectivity index (χ1v) is 7.57. The summed E-state index contributed by atoms with van der Waals surface area (Å²) in [7, 11) is -3.67. The van der Waals surface area contributed by atoms with E-state index in [4.69, 9.17) is 17.3 Å². The molecule has 20 heavy (non-hydrogen) atoms. The van der Waals surface area contributed by atoms with Crippen LogP contribution in [0.25, 0.3) is 0 Å². The summed E-state index contributed by atoms with van der Waals surface area (Å²) in [4.78, 5) is 8.17. The highest BCUT2D eigenvalue weighted by atomic mass is 35.5. The zero-order valence-corrected chi connectivity index (χ0v) is 12.2. The van der Waals surface area contributed by atoms with Gasteiger partial charge in [0.25, 0.3) is 0 Å². The van der Waals surface area contributed by atoms with Crippen LogP contribution in [0.3, 0.4) is 0 Å². The molecule has 0 aliphatic carbocycles. The molecule has 0 aliphatic rings. The molecule has 1 aromatic heterocycles. The lowest BCUT2D eigenvalue weighted by Gasteiger charge is -2.07. The van der Waals surface area contributed by atoms with E-state index in [2.05, 4.69) is 14.7 Å². The quantitative estimate of drug-likeness (QED) is 0.834. The number of sulfonamides is 1. The maximum Gasteiger partial charge on any atom is 0.240 e. The number of anilines is 1. The SMILES string of the molecule is Cc1cnc(CNS(=O)(=O)c2ccc(N)c(Cl)c2)cn1. The smallest absolute Gasteiger partial charge is 0.240 e. The van der Waals surface area contributed by atoms with Crippen molar-refractivity contribution in [3.63, 3.8) is 0 Å². The lowest BCUT2D eigenvalue weighted by molar-refractivity contribution is 0.580. The zero-order chi connectivity index (χ0) is 14.8. The number of nitrogens with zero attached hydrogens (tertiary/aromatic N) is 2. The highest BCUT2D eigenvalue weighted by molar-refractivity contribution is 7.89. The minimum atomic E-state index is -3.67. The molecule has 0 bridgehead atoms. The Balaban J connectivity index is 2.14. The Morgan fingerprint density at radius 1 is 1.30 bits per heavy atom. The Labute approximate surface area is 122 Å². The van der Waals surface area contributed by atoms with Crippen molar-refractivity contribution in [3.8, 4) is 0 Å². The van der Waals surface area contributed by atoms with E-state index < -0.39 is 10.0 Å². The van der Waals surface area contributed by atoms with Crippen LogP contribution in [0.15, 0.2) is 35.5 Å². The normalized spacial score (nSPS) is 11.5. The third kappa shape index (κ3) is 3.44. The topological polar surface area (TPSA) is 98.0 Å². The standard InChI is InChI=1S/C12H13ClN4O2S/c1-8-5-16-9(6-15-8)7-17-20(18,19)10-2-3-12(14)11(13)4-10/h2-6,17H,7,14H2,1H3. The van der Waals surface area contributed by atoms with Crippen molar-refractivity contribution >= 4 is 27.3 Å². The Bertz CT molecular complexity index is 717. The third-order valence-electron chi connectivity index (χ3n) is 2.56. The summed E-state index contributed by atoms with van der Waals surface area (Å²) in [5.74, 6) is 0. The first-order chi connectivity index (χ1) is 9.38. The van der Waals surface area contributed by atoms with Crippen LogP contribution in [0.4, 0.5) is 5.69 Å². The number of aryl methyl sites for hydroxylation is 1. The van der Waals surface area contributed by atoms with E-state index in [9.17, 15) is 8.42 Å². The molecule has 1 heterocycles. The number of hydrogen-bond acceptors (Lipinski definition) is 5. The van der Waals surface area contributed by atoms with Crippen molar-refractivity contribution in [2.75, 3.05) is 5.73 Å². The van der Waals surface area contributed by atoms with Gasteiger partial charge in [0, 0.05) is 6.20 Å². The van der Waals surface area contributed by atoms with Gasteiger partial charge in [-0.2, -0.15) is 0 Å². The summed E-state index contributed by atoms with van der Waals surface area (Å²) in [5.41, 5.74) is 7.17. The van der Waals surface area contributed by atoms with Crippen LogP contribution < -0.4 is 10.5 Å². The van der Waals surface area contributed by atoms with Gasteiger partial charge in [0.2, 0.25) is 10.0 Å². The molecule has 3 N–H and O–H groups in total. The molecule has 0 unspecified atom stereocenters. The molecule has 6 nitrogen and oxygen atoms in total. The van der Waals surface area contributed by atoms with Crippen LogP contribution in [0.2, 0.25) is 5.02 Å². The highest BCUT2D eigenvalue weighted by Gasteiger charge is 2.15. The average molecular weight is 313 g/mol. The number of nitrogens with two attached hydrogens (primary N) is 1. The fourth-order valence-electron chi connectivity index (χ4n) is 1.44. The minimum absolute atomic E-state index is 0.0526. The van der Waals surface area contributed by atoms with E-state index in [0.717, 1.165) is 5.69 Å². The predicted molar refractivity (Wildman–Crippen MR) is 76.7 cm³/mol. The Morgan fingerprint density at radius 3 is 2.65 bits per heavy atom. The molecule has 0 amide bonds. The molecule has 106 valence electrons. The van der Waals surface area contributed by atoms with E-state index >= 15 is 0 Å². The van der Waals surface area contributed by atoms with Gasteiger partial charge in [-0.3, -0.25) is 9.97 Å². The molecule has 0 radical (unpaired) electrons. The summed E-state index contributed by atoms with van der Waals surface area (Å²) in [6.07, 6.45) is 3.09. The summed E-state index contributed by atoms with van der Waals surface area (Å²) in [6.45, 7) is 1.86. The van der Waals surface area contributed by atoms with Crippen molar-refractivity contribution in [2.45, 2.75) is 18.4 Å². The van der Waals surface area contributed by atoms with Crippen LogP contribution in [0, 0.1) is 6.92 Å². The second-order valence-electron chi connectivity index (χ2n) is 4.16.